The highest BCUT2D eigenvalue weighted by atomic mass is 16.6. The van der Waals surface area contributed by atoms with Crippen molar-refractivity contribution in [2.24, 2.45) is 0 Å². The molecule has 0 heterocycles. The lowest BCUT2D eigenvalue weighted by Crippen LogP contribution is -2.43. The van der Waals surface area contributed by atoms with Gasteiger partial charge in [0.05, 0.1) is 6.42 Å². The fourth-order valence-corrected chi connectivity index (χ4v) is 2.88. The van der Waals surface area contributed by atoms with Gasteiger partial charge < -0.3 is 25.3 Å². The molecule has 148 valence electrons. The molecule has 0 aliphatic carbocycles. The topological polar surface area (TPSA) is 108 Å². The maximum atomic E-state index is 12.4. The fraction of sp³-hybridized carbons (Fsp3) is 0.300. The zero-order valence-corrected chi connectivity index (χ0v) is 16.2. The first-order chi connectivity index (χ1) is 13.2. The predicted octanol–water partition coefficient (Wildman–Crippen LogP) is 1.48. The standard InChI is InChI=1S/C20H25BN2O5/c1-13-4-7-17(14(2)10-13)12-20(28-21(26)27)23-19(25)11-16-5-8-18(9-6-16)22-15(3)24/h4-10,20,26-27H,11-12H2,1-3H3,(H,22,24)(H,23,25)/t20-/m1/s1. The molecule has 0 unspecified atom stereocenters. The van der Waals surface area contributed by atoms with E-state index in [1.165, 1.54) is 6.92 Å². The van der Waals surface area contributed by atoms with Crippen LogP contribution in [0.25, 0.3) is 0 Å². The first-order valence-electron chi connectivity index (χ1n) is 8.96. The molecular formula is C20H25BN2O5. The van der Waals surface area contributed by atoms with E-state index in [0.717, 1.165) is 22.3 Å². The second kappa shape index (κ2) is 10.0. The smallest absolute Gasteiger partial charge is 0.402 e. The maximum absolute atomic E-state index is 12.4. The lowest BCUT2D eigenvalue weighted by atomic mass is 10.0. The maximum Gasteiger partial charge on any atom is 0.635 e. The highest BCUT2D eigenvalue weighted by molar-refractivity contribution is 6.32. The van der Waals surface area contributed by atoms with Gasteiger partial charge in [-0.1, -0.05) is 35.9 Å². The number of anilines is 1. The van der Waals surface area contributed by atoms with Crippen LogP contribution in [0, 0.1) is 13.8 Å². The number of carbonyl (C=O) groups is 2. The van der Waals surface area contributed by atoms with E-state index in [4.69, 9.17) is 14.7 Å². The van der Waals surface area contributed by atoms with E-state index in [0.29, 0.717) is 12.1 Å². The second-order valence-corrected chi connectivity index (χ2v) is 6.71. The molecule has 2 rings (SSSR count). The summed E-state index contributed by atoms with van der Waals surface area (Å²) in [5.41, 5.74) is 4.49. The molecule has 0 saturated carbocycles. The van der Waals surface area contributed by atoms with Crippen molar-refractivity contribution in [3.63, 3.8) is 0 Å². The average molecular weight is 384 g/mol. The Balaban J connectivity index is 2.00. The molecule has 28 heavy (non-hydrogen) atoms. The number of rotatable bonds is 8. The molecule has 7 nitrogen and oxygen atoms in total. The monoisotopic (exact) mass is 384 g/mol. The van der Waals surface area contributed by atoms with Crippen LogP contribution in [0.15, 0.2) is 42.5 Å². The minimum atomic E-state index is -1.99. The van der Waals surface area contributed by atoms with Gasteiger partial charge in [0.2, 0.25) is 11.8 Å². The third kappa shape index (κ3) is 7.15. The van der Waals surface area contributed by atoms with Crippen LogP contribution in [0.2, 0.25) is 0 Å². The minimum Gasteiger partial charge on any atom is -0.402 e. The third-order valence-electron chi connectivity index (χ3n) is 4.15. The Labute approximate surface area is 164 Å². The summed E-state index contributed by atoms with van der Waals surface area (Å²) in [5.74, 6) is -0.484. The van der Waals surface area contributed by atoms with Crippen LogP contribution in [-0.4, -0.2) is 35.4 Å². The molecule has 0 fully saturated rings. The molecule has 2 amide bonds. The highest BCUT2D eigenvalue weighted by Crippen LogP contribution is 2.14. The van der Waals surface area contributed by atoms with Gasteiger partial charge in [-0.25, -0.2) is 0 Å². The summed E-state index contributed by atoms with van der Waals surface area (Å²) in [4.78, 5) is 23.4. The Morgan fingerprint density at radius 2 is 1.79 bits per heavy atom. The molecule has 2 aromatic carbocycles. The lowest BCUT2D eigenvalue weighted by molar-refractivity contribution is -0.123. The van der Waals surface area contributed by atoms with E-state index in [-0.39, 0.29) is 18.2 Å². The minimum absolute atomic E-state index is 0.0919. The summed E-state index contributed by atoms with van der Waals surface area (Å²) < 4.78 is 5.04. The van der Waals surface area contributed by atoms with Gasteiger partial charge in [0.15, 0.2) is 0 Å². The average Bonchev–Trinajstić information content (AvgIpc) is 2.58. The Hall–Kier alpha value is -2.68. The van der Waals surface area contributed by atoms with Gasteiger partial charge in [0.1, 0.15) is 6.23 Å². The number of hydrogen-bond acceptors (Lipinski definition) is 5. The van der Waals surface area contributed by atoms with Crippen LogP contribution in [0.4, 0.5) is 5.69 Å². The molecule has 0 bridgehead atoms. The molecule has 0 radical (unpaired) electrons. The van der Waals surface area contributed by atoms with Crippen molar-refractivity contribution in [1.29, 1.82) is 0 Å². The molecule has 8 heteroatoms. The first kappa shape index (κ1) is 21.6. The van der Waals surface area contributed by atoms with Crippen molar-refractivity contribution in [1.82, 2.24) is 5.32 Å². The van der Waals surface area contributed by atoms with Crippen LogP contribution in [-0.2, 0) is 27.1 Å². The lowest BCUT2D eigenvalue weighted by Gasteiger charge is -2.20. The number of amides is 2. The van der Waals surface area contributed by atoms with Gasteiger partial charge in [0.25, 0.3) is 0 Å². The molecule has 0 aliphatic heterocycles. The van der Waals surface area contributed by atoms with Crippen molar-refractivity contribution in [2.75, 3.05) is 5.32 Å². The Morgan fingerprint density at radius 3 is 2.36 bits per heavy atom. The Morgan fingerprint density at radius 1 is 1.11 bits per heavy atom. The number of aryl methyl sites for hydroxylation is 2. The predicted molar refractivity (Wildman–Crippen MR) is 107 cm³/mol. The molecule has 1 atom stereocenters. The van der Waals surface area contributed by atoms with Gasteiger partial charge >= 0.3 is 7.32 Å². The van der Waals surface area contributed by atoms with Crippen molar-refractivity contribution in [3.8, 4) is 0 Å². The molecule has 2 aromatic rings. The van der Waals surface area contributed by atoms with E-state index in [9.17, 15) is 9.59 Å². The van der Waals surface area contributed by atoms with Crippen LogP contribution >= 0.6 is 0 Å². The van der Waals surface area contributed by atoms with E-state index in [1.807, 2.05) is 32.0 Å². The molecule has 4 N–H and O–H groups in total. The van der Waals surface area contributed by atoms with Crippen LogP contribution in [0.1, 0.15) is 29.2 Å². The summed E-state index contributed by atoms with van der Waals surface area (Å²) in [6, 6.07) is 12.8. The van der Waals surface area contributed by atoms with E-state index in [2.05, 4.69) is 10.6 Å². The van der Waals surface area contributed by atoms with E-state index >= 15 is 0 Å². The zero-order chi connectivity index (χ0) is 20.7. The normalized spacial score (nSPS) is 11.6. The van der Waals surface area contributed by atoms with Crippen LogP contribution in [0.5, 0.6) is 0 Å². The number of carbonyl (C=O) groups excluding carboxylic acids is 2. The van der Waals surface area contributed by atoms with Gasteiger partial charge in [-0.05, 0) is 42.7 Å². The van der Waals surface area contributed by atoms with Crippen molar-refractivity contribution >= 4 is 24.8 Å². The quantitative estimate of drug-likeness (QED) is 0.407. The summed E-state index contributed by atoms with van der Waals surface area (Å²) >= 11 is 0. The van der Waals surface area contributed by atoms with Crippen molar-refractivity contribution in [2.45, 2.75) is 39.8 Å². The number of hydrogen-bond donors (Lipinski definition) is 4. The van der Waals surface area contributed by atoms with E-state index in [1.54, 1.807) is 24.3 Å². The third-order valence-corrected chi connectivity index (χ3v) is 4.15. The molecular weight excluding hydrogens is 359 g/mol. The van der Waals surface area contributed by atoms with Crippen LogP contribution in [0.3, 0.4) is 0 Å². The summed E-state index contributed by atoms with van der Waals surface area (Å²) in [6.07, 6.45) is -0.487. The van der Waals surface area contributed by atoms with Crippen molar-refractivity contribution < 1.29 is 24.3 Å². The second-order valence-electron chi connectivity index (χ2n) is 6.71. The summed E-state index contributed by atoms with van der Waals surface area (Å²) in [6.45, 7) is 5.36. The van der Waals surface area contributed by atoms with E-state index < -0.39 is 13.5 Å². The van der Waals surface area contributed by atoms with Gasteiger partial charge in [-0.3, -0.25) is 9.59 Å². The van der Waals surface area contributed by atoms with Crippen LogP contribution < -0.4 is 10.6 Å². The fourth-order valence-electron chi connectivity index (χ4n) is 2.88. The highest BCUT2D eigenvalue weighted by Gasteiger charge is 2.21. The van der Waals surface area contributed by atoms with Gasteiger partial charge in [-0.2, -0.15) is 0 Å². The Bertz CT molecular complexity index is 824. The SMILES string of the molecule is CC(=O)Nc1ccc(CC(=O)N[C@@H](Cc2ccc(C)cc2C)OB(O)O)cc1. The zero-order valence-electron chi connectivity index (χ0n) is 16.2. The molecule has 0 aliphatic rings. The molecule has 0 aromatic heterocycles. The van der Waals surface area contributed by atoms with Crippen molar-refractivity contribution in [3.05, 3.63) is 64.7 Å². The Kier molecular flexibility index (Phi) is 7.75. The summed E-state index contributed by atoms with van der Waals surface area (Å²) in [7, 11) is -1.99. The first-order valence-corrected chi connectivity index (χ1v) is 8.96. The van der Waals surface area contributed by atoms with Gasteiger partial charge in [0, 0.05) is 19.0 Å². The molecule has 0 saturated heterocycles. The summed E-state index contributed by atoms with van der Waals surface area (Å²) in [5, 5.41) is 23.7. The largest absolute Gasteiger partial charge is 0.635 e. The number of benzene rings is 2. The number of nitrogens with one attached hydrogen (secondary N) is 2. The molecule has 0 spiro atoms. The van der Waals surface area contributed by atoms with Gasteiger partial charge in [-0.15, -0.1) is 0 Å².